The maximum absolute atomic E-state index is 9.26. The molecule has 0 spiro atoms. The molecule has 0 atom stereocenters. The molecule has 0 bridgehead atoms. The number of fused-ring (bicyclic) bond motifs is 1. The van der Waals surface area contributed by atoms with Crippen molar-refractivity contribution in [3.63, 3.8) is 0 Å². The van der Waals surface area contributed by atoms with Crippen LogP contribution in [-0.2, 0) is 6.54 Å². The van der Waals surface area contributed by atoms with Crippen molar-refractivity contribution in [1.29, 1.82) is 5.26 Å². The van der Waals surface area contributed by atoms with Crippen LogP contribution < -0.4 is 10.1 Å². The summed E-state index contributed by atoms with van der Waals surface area (Å²) in [6.07, 6.45) is 0. The molecule has 0 radical (unpaired) electrons. The normalized spacial score (nSPS) is 10.7. The zero-order valence-electron chi connectivity index (χ0n) is 15.7. The van der Waals surface area contributed by atoms with Gasteiger partial charge in [0.15, 0.2) is 5.82 Å². The molecule has 4 rings (SSSR count). The second-order valence-electron chi connectivity index (χ2n) is 6.37. The summed E-state index contributed by atoms with van der Waals surface area (Å²) in [5.74, 6) is 1.49. The molecule has 2 aromatic heterocycles. The molecule has 1 N–H and O–H groups in total. The zero-order valence-corrected chi connectivity index (χ0v) is 16.5. The van der Waals surface area contributed by atoms with Crippen molar-refractivity contribution in [1.82, 2.24) is 15.1 Å². The monoisotopic (exact) mass is 405 g/mol. The van der Waals surface area contributed by atoms with Crippen molar-refractivity contribution in [2.75, 3.05) is 12.4 Å². The van der Waals surface area contributed by atoms with E-state index in [9.17, 15) is 5.26 Å². The van der Waals surface area contributed by atoms with E-state index in [4.69, 9.17) is 20.9 Å². The molecule has 0 fully saturated rings. The molecule has 2 aromatic carbocycles. The fourth-order valence-corrected chi connectivity index (χ4v) is 3.25. The van der Waals surface area contributed by atoms with Gasteiger partial charge in [-0.05, 0) is 48.9 Å². The number of aryl methyl sites for hydroxylation is 1. The molecule has 0 unspecified atom stereocenters. The van der Waals surface area contributed by atoms with Gasteiger partial charge in [0, 0.05) is 17.6 Å². The lowest BCUT2D eigenvalue weighted by Gasteiger charge is -2.12. The molecule has 0 amide bonds. The van der Waals surface area contributed by atoms with Crippen molar-refractivity contribution in [3.05, 3.63) is 64.4 Å². The summed E-state index contributed by atoms with van der Waals surface area (Å²) in [5.41, 5.74) is 3.60. The predicted octanol–water partition coefficient (Wildman–Crippen LogP) is 4.74. The van der Waals surface area contributed by atoms with Gasteiger partial charge in [-0.3, -0.25) is 0 Å². The Morgan fingerprint density at radius 3 is 2.72 bits per heavy atom. The molecule has 7 nitrogen and oxygen atoms in total. The fourth-order valence-electron chi connectivity index (χ4n) is 2.97. The molecule has 4 aromatic rings. The van der Waals surface area contributed by atoms with E-state index in [0.717, 1.165) is 16.6 Å². The Morgan fingerprint density at radius 1 is 1.17 bits per heavy atom. The topological polar surface area (TPSA) is 96.9 Å². The number of benzene rings is 2. The average molecular weight is 406 g/mol. The average Bonchev–Trinajstić information content (AvgIpc) is 3.18. The molecule has 0 saturated heterocycles. The second kappa shape index (κ2) is 7.78. The molecular weight excluding hydrogens is 390 g/mol. The largest absolute Gasteiger partial charge is 0.495 e. The van der Waals surface area contributed by atoms with Crippen LogP contribution >= 0.6 is 11.6 Å². The van der Waals surface area contributed by atoms with Crippen LogP contribution in [-0.4, -0.2) is 22.2 Å². The van der Waals surface area contributed by atoms with E-state index in [1.165, 1.54) is 0 Å². The van der Waals surface area contributed by atoms with Gasteiger partial charge in [-0.25, -0.2) is 4.98 Å². The van der Waals surface area contributed by atoms with Crippen LogP contribution in [0.3, 0.4) is 0 Å². The number of pyridine rings is 1. The molecular formula is C21H16ClN5O2. The van der Waals surface area contributed by atoms with Crippen LogP contribution in [0.4, 0.5) is 5.69 Å². The Labute approximate surface area is 171 Å². The third-order valence-electron chi connectivity index (χ3n) is 4.38. The number of nitrogens with zero attached hydrogens (tertiary/aromatic N) is 4. The minimum atomic E-state index is 0.337. The van der Waals surface area contributed by atoms with E-state index in [2.05, 4.69) is 26.5 Å². The number of nitrogens with one attached hydrogen (secondary N) is 1. The van der Waals surface area contributed by atoms with Crippen LogP contribution in [0.5, 0.6) is 5.75 Å². The maximum atomic E-state index is 9.26. The smallest absolute Gasteiger partial charge is 0.276 e. The molecule has 144 valence electrons. The van der Waals surface area contributed by atoms with Gasteiger partial charge < -0.3 is 14.6 Å². The maximum Gasteiger partial charge on any atom is 0.276 e. The Hall–Kier alpha value is -3.63. The SMILES string of the molecule is COc1ccc(CNc2cc(-c3nc(C)no3)nc3ccc(C#N)cc23)cc1Cl. The van der Waals surface area contributed by atoms with E-state index in [0.29, 0.717) is 45.8 Å². The van der Waals surface area contributed by atoms with E-state index < -0.39 is 0 Å². The van der Waals surface area contributed by atoms with Crippen molar-refractivity contribution in [2.45, 2.75) is 13.5 Å². The summed E-state index contributed by atoms with van der Waals surface area (Å²) in [6.45, 7) is 2.27. The minimum Gasteiger partial charge on any atom is -0.495 e. The molecule has 0 aliphatic heterocycles. The Balaban J connectivity index is 1.74. The number of nitriles is 1. The van der Waals surface area contributed by atoms with E-state index in [1.807, 2.05) is 24.3 Å². The van der Waals surface area contributed by atoms with Gasteiger partial charge in [0.2, 0.25) is 0 Å². The van der Waals surface area contributed by atoms with Gasteiger partial charge >= 0.3 is 0 Å². The first kappa shape index (κ1) is 18.7. The number of aromatic nitrogens is 3. The predicted molar refractivity (Wildman–Crippen MR) is 110 cm³/mol. The molecule has 0 aliphatic carbocycles. The van der Waals surface area contributed by atoms with Crippen LogP contribution in [0.1, 0.15) is 17.0 Å². The number of hydrogen-bond acceptors (Lipinski definition) is 7. The number of methoxy groups -OCH3 is 1. The summed E-state index contributed by atoms with van der Waals surface area (Å²) in [4.78, 5) is 8.86. The highest BCUT2D eigenvalue weighted by Crippen LogP contribution is 2.30. The van der Waals surface area contributed by atoms with Crippen LogP contribution in [0.15, 0.2) is 47.0 Å². The van der Waals surface area contributed by atoms with Crippen LogP contribution in [0.25, 0.3) is 22.5 Å². The van der Waals surface area contributed by atoms with Gasteiger partial charge in [-0.1, -0.05) is 22.8 Å². The summed E-state index contributed by atoms with van der Waals surface area (Å²) in [5, 5.41) is 17.9. The number of hydrogen-bond donors (Lipinski definition) is 1. The molecule has 0 aliphatic rings. The van der Waals surface area contributed by atoms with Crippen LogP contribution in [0, 0.1) is 18.3 Å². The minimum absolute atomic E-state index is 0.337. The van der Waals surface area contributed by atoms with Crippen molar-refractivity contribution < 1.29 is 9.26 Å². The Morgan fingerprint density at radius 2 is 2.03 bits per heavy atom. The number of ether oxygens (including phenoxy) is 1. The van der Waals surface area contributed by atoms with E-state index in [-0.39, 0.29) is 0 Å². The lowest BCUT2D eigenvalue weighted by molar-refractivity contribution is 0.415. The number of rotatable bonds is 5. The molecule has 8 heteroatoms. The Kier molecular flexibility index (Phi) is 5.02. The van der Waals surface area contributed by atoms with Gasteiger partial charge in [-0.15, -0.1) is 0 Å². The summed E-state index contributed by atoms with van der Waals surface area (Å²) in [6, 6.07) is 14.9. The lowest BCUT2D eigenvalue weighted by Crippen LogP contribution is -2.02. The van der Waals surface area contributed by atoms with Gasteiger partial charge in [0.25, 0.3) is 5.89 Å². The quantitative estimate of drug-likeness (QED) is 0.512. The van der Waals surface area contributed by atoms with Crippen LogP contribution in [0.2, 0.25) is 5.02 Å². The number of anilines is 1. The zero-order chi connectivity index (χ0) is 20.4. The standard InChI is InChI=1S/C21H16ClN5O2/c1-12-25-21(29-27-12)19-9-18(15-7-13(10-23)3-5-17(15)26-19)24-11-14-4-6-20(28-2)16(22)8-14/h3-9H,11H2,1-2H3,(H,24,26). The first-order chi connectivity index (χ1) is 14.1. The molecule has 2 heterocycles. The first-order valence-corrected chi connectivity index (χ1v) is 9.17. The van der Waals surface area contributed by atoms with Crippen molar-refractivity contribution in [3.8, 4) is 23.4 Å². The Bertz CT molecular complexity index is 1250. The highest BCUT2D eigenvalue weighted by Gasteiger charge is 2.13. The highest BCUT2D eigenvalue weighted by molar-refractivity contribution is 6.32. The second-order valence-corrected chi connectivity index (χ2v) is 6.78. The highest BCUT2D eigenvalue weighted by atomic mass is 35.5. The summed E-state index contributed by atoms with van der Waals surface area (Å²) in [7, 11) is 1.58. The summed E-state index contributed by atoms with van der Waals surface area (Å²) < 4.78 is 10.5. The third-order valence-corrected chi connectivity index (χ3v) is 4.68. The van der Waals surface area contributed by atoms with Crippen molar-refractivity contribution >= 4 is 28.2 Å². The third kappa shape index (κ3) is 3.84. The molecule has 29 heavy (non-hydrogen) atoms. The summed E-state index contributed by atoms with van der Waals surface area (Å²) >= 11 is 6.23. The van der Waals surface area contributed by atoms with Gasteiger partial charge in [0.1, 0.15) is 11.4 Å². The number of halogens is 1. The van der Waals surface area contributed by atoms with E-state index >= 15 is 0 Å². The van der Waals surface area contributed by atoms with E-state index in [1.54, 1.807) is 32.2 Å². The van der Waals surface area contributed by atoms with Crippen molar-refractivity contribution in [2.24, 2.45) is 0 Å². The van der Waals surface area contributed by atoms with Gasteiger partial charge in [-0.2, -0.15) is 10.2 Å². The fraction of sp³-hybridized carbons (Fsp3) is 0.143. The van der Waals surface area contributed by atoms with Gasteiger partial charge in [0.05, 0.1) is 29.3 Å². The first-order valence-electron chi connectivity index (χ1n) is 8.79. The molecule has 0 saturated carbocycles. The lowest BCUT2D eigenvalue weighted by atomic mass is 10.1.